The van der Waals surface area contributed by atoms with Gasteiger partial charge in [-0.3, -0.25) is 0 Å². The molecule has 2 N–H and O–H groups in total. The number of rotatable bonds is 9. The number of benzene rings is 1. The van der Waals surface area contributed by atoms with Crippen molar-refractivity contribution in [2.45, 2.75) is 43.4 Å². The lowest BCUT2D eigenvalue weighted by Gasteiger charge is -2.22. The normalized spacial score (nSPS) is 12.6. The monoisotopic (exact) mass is 330 g/mol. The summed E-state index contributed by atoms with van der Waals surface area (Å²) in [6.07, 6.45) is 3.01. The van der Waals surface area contributed by atoms with Gasteiger partial charge in [-0.25, -0.2) is 13.1 Å². The van der Waals surface area contributed by atoms with Crippen LogP contribution in [0, 0.1) is 0 Å². The van der Waals surface area contributed by atoms with Crippen molar-refractivity contribution in [3.8, 4) is 0 Å². The van der Waals surface area contributed by atoms with Crippen molar-refractivity contribution < 1.29 is 8.42 Å². The molecule has 0 saturated carbocycles. The Hall–Kier alpha value is -0.560. The predicted octanol–water partition coefficient (Wildman–Crippen LogP) is 2.61. The summed E-state index contributed by atoms with van der Waals surface area (Å²) >= 11 is 1.64. The molecular weight excluding hydrogens is 304 g/mol. The van der Waals surface area contributed by atoms with E-state index in [2.05, 4.69) is 17.0 Å². The van der Waals surface area contributed by atoms with E-state index in [0.717, 1.165) is 18.5 Å². The van der Waals surface area contributed by atoms with Gasteiger partial charge in [0.25, 0.3) is 0 Å². The smallest absolute Gasteiger partial charge is 0.240 e. The van der Waals surface area contributed by atoms with Crippen LogP contribution in [0.15, 0.2) is 29.2 Å². The molecular formula is C15H26N2O2S2. The van der Waals surface area contributed by atoms with Crippen LogP contribution in [0.1, 0.15) is 32.8 Å². The summed E-state index contributed by atoms with van der Waals surface area (Å²) in [6, 6.07) is 7.15. The zero-order valence-corrected chi connectivity index (χ0v) is 14.9. The van der Waals surface area contributed by atoms with Gasteiger partial charge in [-0.2, -0.15) is 11.8 Å². The van der Waals surface area contributed by atoms with Gasteiger partial charge in [-0.1, -0.05) is 25.1 Å². The fourth-order valence-corrected chi connectivity index (χ4v) is 3.49. The molecule has 4 nitrogen and oxygen atoms in total. The second-order valence-corrected chi connectivity index (χ2v) is 8.82. The van der Waals surface area contributed by atoms with Gasteiger partial charge in [0.15, 0.2) is 0 Å². The predicted molar refractivity (Wildman–Crippen MR) is 91.2 cm³/mol. The van der Waals surface area contributed by atoms with E-state index >= 15 is 0 Å². The molecule has 0 radical (unpaired) electrons. The van der Waals surface area contributed by atoms with Crippen molar-refractivity contribution in [1.29, 1.82) is 0 Å². The van der Waals surface area contributed by atoms with Crippen LogP contribution in [0.5, 0.6) is 0 Å². The van der Waals surface area contributed by atoms with E-state index in [1.165, 1.54) is 0 Å². The van der Waals surface area contributed by atoms with Gasteiger partial charge in [0.1, 0.15) is 0 Å². The largest absolute Gasteiger partial charge is 0.313 e. The third kappa shape index (κ3) is 5.98. The highest BCUT2D eigenvalue weighted by atomic mass is 32.2. The maximum absolute atomic E-state index is 12.5. The maximum Gasteiger partial charge on any atom is 0.240 e. The SMILES string of the molecule is CCCNCc1ccccc1S(=O)(=O)NCC(C)(C)SC. The molecule has 6 heteroatoms. The van der Waals surface area contributed by atoms with Gasteiger partial charge in [0, 0.05) is 17.8 Å². The second kappa shape index (κ2) is 8.17. The molecule has 0 heterocycles. The average molecular weight is 331 g/mol. The van der Waals surface area contributed by atoms with E-state index in [1.807, 2.05) is 32.2 Å². The number of nitrogens with one attached hydrogen (secondary N) is 2. The highest BCUT2D eigenvalue weighted by Gasteiger charge is 2.22. The zero-order chi connectivity index (χ0) is 15.9. The standard InChI is InChI=1S/C15H26N2O2S2/c1-5-10-16-11-13-8-6-7-9-14(13)21(18,19)17-12-15(2,3)20-4/h6-9,16-17H,5,10-12H2,1-4H3. The quantitative estimate of drug-likeness (QED) is 0.683. The van der Waals surface area contributed by atoms with E-state index in [0.29, 0.717) is 18.0 Å². The molecule has 0 aliphatic carbocycles. The Morgan fingerprint density at radius 3 is 2.52 bits per heavy atom. The summed E-state index contributed by atoms with van der Waals surface area (Å²) in [4.78, 5) is 0.366. The fourth-order valence-electron chi connectivity index (χ4n) is 1.73. The summed E-state index contributed by atoms with van der Waals surface area (Å²) in [5, 5.41) is 3.25. The van der Waals surface area contributed by atoms with Crippen molar-refractivity contribution in [2.24, 2.45) is 0 Å². The first kappa shape index (κ1) is 18.5. The van der Waals surface area contributed by atoms with E-state index in [4.69, 9.17) is 0 Å². The van der Waals surface area contributed by atoms with Crippen molar-refractivity contribution in [3.63, 3.8) is 0 Å². The minimum atomic E-state index is -3.47. The molecule has 0 bridgehead atoms. The Balaban J connectivity index is 2.87. The molecule has 0 saturated heterocycles. The van der Waals surface area contributed by atoms with Crippen LogP contribution >= 0.6 is 11.8 Å². The van der Waals surface area contributed by atoms with Crippen molar-refractivity contribution in [2.75, 3.05) is 19.3 Å². The number of hydrogen-bond donors (Lipinski definition) is 2. The van der Waals surface area contributed by atoms with Crippen LogP contribution < -0.4 is 10.0 Å². The molecule has 0 fully saturated rings. The summed E-state index contributed by atoms with van der Waals surface area (Å²) in [7, 11) is -3.47. The minimum Gasteiger partial charge on any atom is -0.313 e. The van der Waals surface area contributed by atoms with E-state index in [9.17, 15) is 8.42 Å². The van der Waals surface area contributed by atoms with Gasteiger partial charge in [-0.05, 0) is 44.7 Å². The first-order valence-electron chi connectivity index (χ1n) is 7.16. The lowest BCUT2D eigenvalue weighted by Crippen LogP contribution is -2.36. The molecule has 0 spiro atoms. The average Bonchev–Trinajstić information content (AvgIpc) is 2.46. The minimum absolute atomic E-state index is 0.123. The van der Waals surface area contributed by atoms with Gasteiger partial charge < -0.3 is 5.32 Å². The molecule has 0 aliphatic rings. The van der Waals surface area contributed by atoms with Gasteiger partial charge >= 0.3 is 0 Å². The molecule has 1 rings (SSSR count). The van der Waals surface area contributed by atoms with Crippen LogP contribution in [0.3, 0.4) is 0 Å². The Morgan fingerprint density at radius 2 is 1.90 bits per heavy atom. The molecule has 0 atom stereocenters. The van der Waals surface area contributed by atoms with E-state index in [1.54, 1.807) is 23.9 Å². The van der Waals surface area contributed by atoms with Crippen LogP contribution in [-0.4, -0.2) is 32.5 Å². The molecule has 120 valence electrons. The van der Waals surface area contributed by atoms with Crippen molar-refractivity contribution >= 4 is 21.8 Å². The number of sulfonamides is 1. The zero-order valence-electron chi connectivity index (χ0n) is 13.3. The summed E-state index contributed by atoms with van der Waals surface area (Å²) in [5.74, 6) is 0. The Kier molecular flexibility index (Phi) is 7.20. The lowest BCUT2D eigenvalue weighted by atomic mass is 10.2. The molecule has 0 aliphatic heterocycles. The van der Waals surface area contributed by atoms with Crippen LogP contribution in [0.2, 0.25) is 0 Å². The van der Waals surface area contributed by atoms with Crippen LogP contribution in [-0.2, 0) is 16.6 Å². The highest BCUT2D eigenvalue weighted by Crippen LogP contribution is 2.21. The summed E-state index contributed by atoms with van der Waals surface area (Å²) in [5.41, 5.74) is 0.806. The number of thioether (sulfide) groups is 1. The Labute approximate surface area is 133 Å². The molecule has 1 aromatic rings. The Morgan fingerprint density at radius 1 is 1.24 bits per heavy atom. The van der Waals surface area contributed by atoms with Crippen LogP contribution in [0.25, 0.3) is 0 Å². The lowest BCUT2D eigenvalue weighted by molar-refractivity contribution is 0.568. The van der Waals surface area contributed by atoms with Gasteiger partial charge in [-0.15, -0.1) is 0 Å². The van der Waals surface area contributed by atoms with Crippen molar-refractivity contribution in [3.05, 3.63) is 29.8 Å². The van der Waals surface area contributed by atoms with Crippen molar-refractivity contribution in [1.82, 2.24) is 10.0 Å². The maximum atomic E-state index is 12.5. The van der Waals surface area contributed by atoms with E-state index < -0.39 is 10.0 Å². The Bertz CT molecular complexity index is 542. The summed E-state index contributed by atoms with van der Waals surface area (Å²) in [6.45, 7) is 7.98. The van der Waals surface area contributed by atoms with E-state index in [-0.39, 0.29) is 4.75 Å². The van der Waals surface area contributed by atoms with Gasteiger partial charge in [0.05, 0.1) is 4.90 Å². The number of hydrogen-bond acceptors (Lipinski definition) is 4. The van der Waals surface area contributed by atoms with Gasteiger partial charge in [0.2, 0.25) is 10.0 Å². The molecule has 21 heavy (non-hydrogen) atoms. The second-order valence-electron chi connectivity index (χ2n) is 5.57. The van der Waals surface area contributed by atoms with Crippen LogP contribution in [0.4, 0.5) is 0 Å². The highest BCUT2D eigenvalue weighted by molar-refractivity contribution is 8.00. The fraction of sp³-hybridized carbons (Fsp3) is 0.600. The molecule has 0 amide bonds. The molecule has 0 unspecified atom stereocenters. The first-order chi connectivity index (χ1) is 9.82. The first-order valence-corrected chi connectivity index (χ1v) is 9.86. The molecule has 0 aromatic heterocycles. The third-order valence-electron chi connectivity index (χ3n) is 3.24. The topological polar surface area (TPSA) is 58.2 Å². The molecule has 1 aromatic carbocycles. The third-order valence-corrected chi connectivity index (χ3v) is 6.00. The summed E-state index contributed by atoms with van der Waals surface area (Å²) < 4.78 is 27.6.